The summed E-state index contributed by atoms with van der Waals surface area (Å²) in [5.41, 5.74) is 6.17. The van der Waals surface area contributed by atoms with Crippen LogP contribution in [0.15, 0.2) is 24.3 Å². The second-order valence-electron chi connectivity index (χ2n) is 6.75. The van der Waals surface area contributed by atoms with E-state index in [1.807, 2.05) is 13.0 Å². The van der Waals surface area contributed by atoms with Crippen molar-refractivity contribution >= 4 is 5.91 Å². The Morgan fingerprint density at radius 2 is 1.95 bits per heavy atom. The van der Waals surface area contributed by atoms with Crippen LogP contribution < -0.4 is 5.73 Å². The molecule has 1 amide bonds. The fourth-order valence-electron chi connectivity index (χ4n) is 3.36. The van der Waals surface area contributed by atoms with Crippen LogP contribution in [-0.2, 0) is 4.79 Å². The van der Waals surface area contributed by atoms with E-state index >= 15 is 0 Å². The first-order valence-electron chi connectivity index (χ1n) is 7.57. The van der Waals surface area contributed by atoms with Crippen LogP contribution in [0.2, 0.25) is 0 Å². The zero-order chi connectivity index (χ0) is 14.0. The van der Waals surface area contributed by atoms with Gasteiger partial charge in [0.05, 0.1) is 5.92 Å². The fraction of sp³-hybridized carbons (Fsp3) is 0.706. The van der Waals surface area contributed by atoms with E-state index in [1.165, 1.54) is 19.3 Å². The quantitative estimate of drug-likeness (QED) is 0.728. The van der Waals surface area contributed by atoms with E-state index in [9.17, 15) is 4.79 Å². The van der Waals surface area contributed by atoms with Crippen molar-refractivity contribution in [1.29, 1.82) is 0 Å². The Balaban J connectivity index is 1.87. The van der Waals surface area contributed by atoms with Gasteiger partial charge >= 0.3 is 0 Å². The third kappa shape index (κ3) is 3.10. The van der Waals surface area contributed by atoms with E-state index in [0.29, 0.717) is 23.2 Å². The molecule has 2 saturated carbocycles. The van der Waals surface area contributed by atoms with Crippen LogP contribution in [0.4, 0.5) is 0 Å². The third-order valence-corrected chi connectivity index (χ3v) is 5.16. The van der Waals surface area contributed by atoms with Gasteiger partial charge in [-0.1, -0.05) is 38.2 Å². The second-order valence-corrected chi connectivity index (χ2v) is 6.75. The molecule has 2 N–H and O–H groups in total. The molecule has 2 rings (SSSR count). The Hall–Kier alpha value is -1.05. The van der Waals surface area contributed by atoms with E-state index < -0.39 is 0 Å². The molecule has 2 aliphatic carbocycles. The van der Waals surface area contributed by atoms with Gasteiger partial charge in [0.25, 0.3) is 0 Å². The minimum absolute atomic E-state index is 0.000961. The highest BCUT2D eigenvalue weighted by Gasteiger charge is 2.47. The molecule has 2 aliphatic rings. The first-order valence-corrected chi connectivity index (χ1v) is 7.57. The van der Waals surface area contributed by atoms with Gasteiger partial charge in [-0.25, -0.2) is 0 Å². The van der Waals surface area contributed by atoms with Crippen molar-refractivity contribution in [1.82, 2.24) is 0 Å². The summed E-state index contributed by atoms with van der Waals surface area (Å²) in [6.07, 6.45) is 13.9. The molecule has 0 bridgehead atoms. The number of hydrogen-bond donors (Lipinski definition) is 1. The molecule has 4 unspecified atom stereocenters. The molecule has 0 spiro atoms. The van der Waals surface area contributed by atoms with E-state index in [0.717, 1.165) is 6.42 Å². The van der Waals surface area contributed by atoms with Crippen molar-refractivity contribution in [3.8, 4) is 0 Å². The number of carbonyl (C=O) groups is 1. The molecule has 0 aromatic rings. The summed E-state index contributed by atoms with van der Waals surface area (Å²) in [4.78, 5) is 11.6. The topological polar surface area (TPSA) is 43.1 Å². The van der Waals surface area contributed by atoms with Crippen molar-refractivity contribution in [2.75, 3.05) is 0 Å². The Labute approximate surface area is 117 Å². The first kappa shape index (κ1) is 14.4. The molecule has 4 atom stereocenters. The number of hydrogen-bond acceptors (Lipinski definition) is 1. The summed E-state index contributed by atoms with van der Waals surface area (Å²) in [6, 6.07) is 0. The summed E-state index contributed by atoms with van der Waals surface area (Å²) in [6.45, 7) is 6.59. The van der Waals surface area contributed by atoms with Crippen molar-refractivity contribution in [3.05, 3.63) is 24.3 Å². The summed E-state index contributed by atoms with van der Waals surface area (Å²) in [5, 5.41) is 0. The maximum Gasteiger partial charge on any atom is 0.221 e. The lowest BCUT2D eigenvalue weighted by molar-refractivity contribution is -0.131. The van der Waals surface area contributed by atoms with E-state index in [-0.39, 0.29) is 11.8 Å². The molecule has 106 valence electrons. The van der Waals surface area contributed by atoms with Gasteiger partial charge in [-0.2, -0.15) is 0 Å². The van der Waals surface area contributed by atoms with Gasteiger partial charge in [0.15, 0.2) is 0 Å². The molecule has 19 heavy (non-hydrogen) atoms. The monoisotopic (exact) mass is 261 g/mol. The van der Waals surface area contributed by atoms with Gasteiger partial charge in [0.2, 0.25) is 5.91 Å². The third-order valence-electron chi connectivity index (χ3n) is 5.16. The van der Waals surface area contributed by atoms with Crippen LogP contribution in [0.1, 0.15) is 46.5 Å². The van der Waals surface area contributed by atoms with Gasteiger partial charge in [0, 0.05) is 0 Å². The van der Waals surface area contributed by atoms with Crippen molar-refractivity contribution in [2.24, 2.45) is 34.8 Å². The maximum absolute atomic E-state index is 11.6. The SMILES string of the molecule is C/C=C\C1C(C)C(/C=C/CCC2(C)CC2)C1C(N)=O. The lowest BCUT2D eigenvalue weighted by atomic mass is 9.57. The average Bonchev–Trinajstić information content (AvgIpc) is 3.08. The maximum atomic E-state index is 11.6. The summed E-state index contributed by atoms with van der Waals surface area (Å²) < 4.78 is 0. The van der Waals surface area contributed by atoms with Crippen LogP contribution in [0.3, 0.4) is 0 Å². The Morgan fingerprint density at radius 1 is 1.32 bits per heavy atom. The molecule has 0 saturated heterocycles. The second kappa shape index (κ2) is 5.52. The summed E-state index contributed by atoms with van der Waals surface area (Å²) in [7, 11) is 0. The van der Waals surface area contributed by atoms with Crippen LogP contribution in [0, 0.1) is 29.1 Å². The minimum Gasteiger partial charge on any atom is -0.369 e. The minimum atomic E-state index is -0.148. The average molecular weight is 261 g/mol. The predicted octanol–water partition coefficient (Wildman–Crippen LogP) is 3.68. The molecule has 0 heterocycles. The number of rotatable bonds is 6. The van der Waals surface area contributed by atoms with Crippen LogP contribution in [0.5, 0.6) is 0 Å². The number of amides is 1. The van der Waals surface area contributed by atoms with Gasteiger partial charge in [-0.05, 0) is 55.8 Å². The highest BCUT2D eigenvalue weighted by Crippen LogP contribution is 2.50. The lowest BCUT2D eigenvalue weighted by Gasteiger charge is -2.46. The predicted molar refractivity (Wildman–Crippen MR) is 79.4 cm³/mol. The Bertz CT molecular complexity index is 392. The number of allylic oxidation sites excluding steroid dienone is 4. The summed E-state index contributed by atoms with van der Waals surface area (Å²) in [5.74, 6) is 1.05. The molecule has 2 fully saturated rings. The molecule has 0 aromatic heterocycles. The Morgan fingerprint density at radius 3 is 2.47 bits per heavy atom. The number of carbonyl (C=O) groups excluding carboxylic acids is 1. The zero-order valence-electron chi connectivity index (χ0n) is 12.4. The number of primary amides is 1. The fourth-order valence-corrected chi connectivity index (χ4v) is 3.36. The summed E-state index contributed by atoms with van der Waals surface area (Å²) >= 11 is 0. The van der Waals surface area contributed by atoms with Gasteiger partial charge < -0.3 is 5.73 Å². The molecular weight excluding hydrogens is 234 g/mol. The first-order chi connectivity index (χ1) is 8.98. The molecule has 0 aliphatic heterocycles. The highest BCUT2D eigenvalue weighted by molar-refractivity contribution is 5.79. The van der Waals surface area contributed by atoms with E-state index in [4.69, 9.17) is 5.73 Å². The smallest absolute Gasteiger partial charge is 0.221 e. The van der Waals surface area contributed by atoms with Crippen molar-refractivity contribution in [3.63, 3.8) is 0 Å². The molecule has 0 aromatic carbocycles. The zero-order valence-corrected chi connectivity index (χ0v) is 12.4. The van der Waals surface area contributed by atoms with Crippen LogP contribution in [-0.4, -0.2) is 5.91 Å². The number of nitrogens with two attached hydrogens (primary N) is 1. The molecule has 0 radical (unpaired) electrons. The highest BCUT2D eigenvalue weighted by atomic mass is 16.1. The van der Waals surface area contributed by atoms with Crippen molar-refractivity contribution in [2.45, 2.75) is 46.5 Å². The Kier molecular flexibility index (Phi) is 4.17. The van der Waals surface area contributed by atoms with Gasteiger partial charge in [-0.3, -0.25) is 4.79 Å². The molecule has 2 heteroatoms. The van der Waals surface area contributed by atoms with Gasteiger partial charge in [-0.15, -0.1) is 0 Å². The standard InChI is InChI=1S/C17H27NO/c1-4-7-13-12(2)14(15(13)16(18)19)8-5-6-9-17(3)10-11-17/h4-5,7-8,12-15H,6,9-11H2,1-3H3,(H2,18,19)/b7-4-,8-5+. The van der Waals surface area contributed by atoms with Crippen LogP contribution in [0.25, 0.3) is 0 Å². The van der Waals surface area contributed by atoms with Crippen LogP contribution >= 0.6 is 0 Å². The largest absolute Gasteiger partial charge is 0.369 e. The van der Waals surface area contributed by atoms with E-state index in [2.05, 4.69) is 32.1 Å². The van der Waals surface area contributed by atoms with Gasteiger partial charge in [0.1, 0.15) is 0 Å². The molecular formula is C17H27NO. The lowest BCUT2D eigenvalue weighted by Crippen LogP contribution is -2.50. The molecule has 2 nitrogen and oxygen atoms in total. The van der Waals surface area contributed by atoms with Crippen molar-refractivity contribution < 1.29 is 4.79 Å². The normalized spacial score (nSPS) is 36.6. The van der Waals surface area contributed by atoms with E-state index in [1.54, 1.807) is 0 Å².